The molecule has 1 aliphatic heterocycles. The molecule has 3 aromatic carbocycles. The standard InChI is InChI=1S/C27H26BrCl2N3O4S/c28-21-6-10-23(11-7-21)38(36,37)33(17-20-5-12-24(29)25(30)15-20)18-26(34)31-22-8-3-19(4-9-22)16-27(35)32-13-1-2-14-32/h3-12,15H,1-2,13-14,16-18H2,(H,31,34). The Morgan fingerprint density at radius 2 is 1.53 bits per heavy atom. The van der Waals surface area contributed by atoms with Gasteiger partial charge >= 0.3 is 0 Å². The number of hydrogen-bond acceptors (Lipinski definition) is 4. The molecule has 0 aliphatic carbocycles. The van der Waals surface area contributed by atoms with Crippen LogP contribution in [-0.4, -0.2) is 49.1 Å². The van der Waals surface area contributed by atoms with Crippen LogP contribution in [0.5, 0.6) is 0 Å². The quantitative estimate of drug-likeness (QED) is 0.323. The first-order valence-corrected chi connectivity index (χ1v) is 15.0. The van der Waals surface area contributed by atoms with Crippen molar-refractivity contribution in [3.63, 3.8) is 0 Å². The number of rotatable bonds is 9. The Hall–Kier alpha value is -2.43. The summed E-state index contributed by atoms with van der Waals surface area (Å²) in [5.74, 6) is -0.415. The molecule has 0 radical (unpaired) electrons. The van der Waals surface area contributed by atoms with Crippen molar-refractivity contribution in [2.24, 2.45) is 0 Å². The number of nitrogens with one attached hydrogen (secondary N) is 1. The molecule has 4 rings (SSSR count). The summed E-state index contributed by atoms with van der Waals surface area (Å²) < 4.78 is 28.8. The van der Waals surface area contributed by atoms with Crippen molar-refractivity contribution >= 4 is 66.7 Å². The van der Waals surface area contributed by atoms with Crippen LogP contribution in [0.15, 0.2) is 76.1 Å². The van der Waals surface area contributed by atoms with Gasteiger partial charge in [-0.1, -0.05) is 57.3 Å². The molecular weight excluding hydrogens is 613 g/mol. The molecule has 0 bridgehead atoms. The van der Waals surface area contributed by atoms with Crippen LogP contribution in [0.1, 0.15) is 24.0 Å². The molecule has 0 unspecified atom stereocenters. The molecule has 38 heavy (non-hydrogen) atoms. The molecule has 0 saturated carbocycles. The lowest BCUT2D eigenvalue weighted by Gasteiger charge is -2.22. The van der Waals surface area contributed by atoms with Crippen molar-refractivity contribution in [1.29, 1.82) is 0 Å². The van der Waals surface area contributed by atoms with E-state index in [0.717, 1.165) is 40.3 Å². The second-order valence-corrected chi connectivity index (χ2v) is 12.7. The molecule has 1 fully saturated rings. The molecule has 0 aromatic heterocycles. The van der Waals surface area contributed by atoms with Crippen LogP contribution in [0.3, 0.4) is 0 Å². The molecule has 11 heteroatoms. The van der Waals surface area contributed by atoms with Crippen LogP contribution < -0.4 is 5.32 Å². The van der Waals surface area contributed by atoms with Crippen LogP contribution in [0.2, 0.25) is 10.0 Å². The zero-order valence-electron chi connectivity index (χ0n) is 20.4. The molecule has 1 N–H and O–H groups in total. The van der Waals surface area contributed by atoms with Gasteiger partial charge in [-0.3, -0.25) is 9.59 Å². The van der Waals surface area contributed by atoms with Gasteiger partial charge in [-0.2, -0.15) is 4.31 Å². The fraction of sp³-hybridized carbons (Fsp3) is 0.259. The predicted molar refractivity (Wildman–Crippen MR) is 153 cm³/mol. The summed E-state index contributed by atoms with van der Waals surface area (Å²) >= 11 is 15.5. The van der Waals surface area contributed by atoms with E-state index in [1.807, 2.05) is 4.90 Å². The number of anilines is 1. The zero-order chi connectivity index (χ0) is 27.3. The number of amides is 2. The summed E-state index contributed by atoms with van der Waals surface area (Å²) in [6, 6.07) is 18.0. The molecule has 1 aliphatic rings. The molecule has 3 aromatic rings. The van der Waals surface area contributed by atoms with Crippen molar-refractivity contribution in [3.05, 3.63) is 92.4 Å². The number of likely N-dealkylation sites (tertiary alicyclic amines) is 1. The maximum atomic E-state index is 13.5. The second kappa shape index (κ2) is 12.6. The summed E-state index contributed by atoms with van der Waals surface area (Å²) in [7, 11) is -4.02. The van der Waals surface area contributed by atoms with Crippen LogP contribution in [-0.2, 0) is 32.6 Å². The monoisotopic (exact) mass is 637 g/mol. The Morgan fingerprint density at radius 3 is 2.16 bits per heavy atom. The third kappa shape index (κ3) is 7.36. The van der Waals surface area contributed by atoms with Gasteiger partial charge in [0.25, 0.3) is 0 Å². The summed E-state index contributed by atoms with van der Waals surface area (Å²) in [4.78, 5) is 27.3. The average molecular weight is 639 g/mol. The molecule has 1 heterocycles. The SMILES string of the molecule is O=C(CN(Cc1ccc(Cl)c(Cl)c1)S(=O)(=O)c1ccc(Br)cc1)Nc1ccc(CC(=O)N2CCCC2)cc1. The Labute approximate surface area is 240 Å². The highest BCUT2D eigenvalue weighted by Gasteiger charge is 2.27. The van der Waals surface area contributed by atoms with Crippen LogP contribution in [0.25, 0.3) is 0 Å². The lowest BCUT2D eigenvalue weighted by molar-refractivity contribution is -0.129. The Kier molecular flexibility index (Phi) is 9.49. The number of sulfonamides is 1. The van der Waals surface area contributed by atoms with E-state index in [9.17, 15) is 18.0 Å². The van der Waals surface area contributed by atoms with E-state index in [4.69, 9.17) is 23.2 Å². The fourth-order valence-electron chi connectivity index (χ4n) is 4.14. The van der Waals surface area contributed by atoms with E-state index in [0.29, 0.717) is 22.7 Å². The minimum absolute atomic E-state index is 0.0561. The summed E-state index contributed by atoms with van der Waals surface area (Å²) in [5.41, 5.74) is 1.93. The molecule has 2 amide bonds. The Bertz CT molecular complexity index is 1410. The highest BCUT2D eigenvalue weighted by atomic mass is 79.9. The molecular formula is C27H26BrCl2N3O4S. The summed E-state index contributed by atoms with van der Waals surface area (Å²) in [6.45, 7) is 1.10. The molecule has 1 saturated heterocycles. The molecule has 200 valence electrons. The topological polar surface area (TPSA) is 86.8 Å². The Balaban J connectivity index is 1.47. The fourth-order valence-corrected chi connectivity index (χ4v) is 6.11. The van der Waals surface area contributed by atoms with Gasteiger partial charge in [-0.05, 0) is 72.5 Å². The minimum atomic E-state index is -4.02. The molecule has 0 spiro atoms. The van der Waals surface area contributed by atoms with Gasteiger partial charge < -0.3 is 10.2 Å². The maximum absolute atomic E-state index is 13.5. The van der Waals surface area contributed by atoms with E-state index in [-0.39, 0.29) is 22.4 Å². The number of hydrogen-bond donors (Lipinski definition) is 1. The van der Waals surface area contributed by atoms with E-state index >= 15 is 0 Å². The van der Waals surface area contributed by atoms with Crippen molar-refractivity contribution in [3.8, 4) is 0 Å². The number of carbonyl (C=O) groups is 2. The van der Waals surface area contributed by atoms with Crippen molar-refractivity contribution in [2.75, 3.05) is 25.0 Å². The molecule has 7 nitrogen and oxygen atoms in total. The highest BCUT2D eigenvalue weighted by Crippen LogP contribution is 2.26. The minimum Gasteiger partial charge on any atom is -0.342 e. The van der Waals surface area contributed by atoms with E-state index < -0.39 is 22.5 Å². The van der Waals surface area contributed by atoms with Crippen molar-refractivity contribution in [1.82, 2.24) is 9.21 Å². The zero-order valence-corrected chi connectivity index (χ0v) is 24.3. The van der Waals surface area contributed by atoms with Gasteiger partial charge in [0.1, 0.15) is 0 Å². The number of nitrogens with zero attached hydrogens (tertiary/aromatic N) is 2. The number of halogens is 3. The first-order valence-electron chi connectivity index (χ1n) is 12.0. The van der Waals surface area contributed by atoms with Crippen LogP contribution in [0.4, 0.5) is 5.69 Å². The second-order valence-electron chi connectivity index (χ2n) is 8.99. The number of benzene rings is 3. The molecule has 0 atom stereocenters. The largest absolute Gasteiger partial charge is 0.342 e. The van der Waals surface area contributed by atoms with Gasteiger partial charge in [0.15, 0.2) is 0 Å². The summed E-state index contributed by atoms with van der Waals surface area (Å²) in [5, 5.41) is 3.39. The van der Waals surface area contributed by atoms with E-state index in [1.165, 1.54) is 12.1 Å². The van der Waals surface area contributed by atoms with E-state index in [1.54, 1.807) is 54.6 Å². The predicted octanol–water partition coefficient (Wildman–Crippen LogP) is 5.75. The highest BCUT2D eigenvalue weighted by molar-refractivity contribution is 9.10. The average Bonchev–Trinajstić information content (AvgIpc) is 3.43. The Morgan fingerprint density at radius 1 is 0.895 bits per heavy atom. The van der Waals surface area contributed by atoms with Gasteiger partial charge in [-0.15, -0.1) is 0 Å². The first-order chi connectivity index (χ1) is 18.1. The van der Waals surface area contributed by atoms with Crippen molar-refractivity contribution < 1.29 is 18.0 Å². The van der Waals surface area contributed by atoms with Crippen molar-refractivity contribution in [2.45, 2.75) is 30.7 Å². The first kappa shape index (κ1) is 28.6. The van der Waals surface area contributed by atoms with Gasteiger partial charge in [0, 0.05) is 29.8 Å². The van der Waals surface area contributed by atoms with Crippen LogP contribution >= 0.6 is 39.1 Å². The smallest absolute Gasteiger partial charge is 0.243 e. The lowest BCUT2D eigenvalue weighted by Crippen LogP contribution is -2.37. The summed E-state index contributed by atoms with van der Waals surface area (Å²) in [6.07, 6.45) is 2.38. The van der Waals surface area contributed by atoms with Crippen LogP contribution in [0, 0.1) is 0 Å². The van der Waals surface area contributed by atoms with Gasteiger partial charge in [0.2, 0.25) is 21.8 Å². The van der Waals surface area contributed by atoms with Gasteiger partial charge in [0.05, 0.1) is 27.9 Å². The third-order valence-corrected chi connectivity index (χ3v) is 9.24. The van der Waals surface area contributed by atoms with E-state index in [2.05, 4.69) is 21.2 Å². The third-order valence-electron chi connectivity index (χ3n) is 6.17. The maximum Gasteiger partial charge on any atom is 0.243 e. The van der Waals surface area contributed by atoms with Gasteiger partial charge in [-0.25, -0.2) is 8.42 Å². The number of carbonyl (C=O) groups excluding carboxylic acids is 2. The normalized spacial score (nSPS) is 13.6. The lowest BCUT2D eigenvalue weighted by atomic mass is 10.1.